The number of rotatable bonds is 8. The van der Waals surface area contributed by atoms with Gasteiger partial charge < -0.3 is 19.7 Å². The first kappa shape index (κ1) is 23.3. The molecular formula is C26H31N5O4S. The molecule has 3 aromatic rings. The standard InChI is InChI=1S/C26H31N5O4S/c32-13-14-36(34,35)29-19-3-4-21(23(16-19)30-10-7-26(5-6-26)8-11-30)25(33)28-20-15-22(18-1-2-18)24-27-9-12-31(24)17-20/h3-4,9,12,15-18,29,32H,1-2,5-8,10-11,13-14H2,(H,28,33). The van der Waals surface area contributed by atoms with Crippen LogP contribution < -0.4 is 14.9 Å². The van der Waals surface area contributed by atoms with Gasteiger partial charge in [-0.2, -0.15) is 0 Å². The van der Waals surface area contributed by atoms with Gasteiger partial charge in [0.2, 0.25) is 10.0 Å². The second-order valence-corrected chi connectivity index (χ2v) is 12.3. The number of aliphatic hydroxyl groups is 1. The van der Waals surface area contributed by atoms with Crippen molar-refractivity contribution in [3.05, 3.63) is 54.0 Å². The van der Waals surface area contributed by atoms with Gasteiger partial charge in [0.05, 0.1) is 35.0 Å². The molecule has 1 saturated heterocycles. The molecule has 190 valence electrons. The van der Waals surface area contributed by atoms with Crippen LogP contribution in [-0.2, 0) is 10.0 Å². The van der Waals surface area contributed by atoms with Gasteiger partial charge in [0.25, 0.3) is 5.91 Å². The number of carbonyl (C=O) groups is 1. The van der Waals surface area contributed by atoms with E-state index in [2.05, 4.69) is 19.9 Å². The smallest absolute Gasteiger partial charge is 0.257 e. The normalized spacial score (nSPS) is 19.0. The van der Waals surface area contributed by atoms with E-state index >= 15 is 0 Å². The molecule has 0 atom stereocenters. The number of anilines is 3. The second kappa shape index (κ2) is 8.77. The highest BCUT2D eigenvalue weighted by molar-refractivity contribution is 7.92. The summed E-state index contributed by atoms with van der Waals surface area (Å²) in [6.07, 6.45) is 12.5. The van der Waals surface area contributed by atoms with Gasteiger partial charge in [-0.15, -0.1) is 0 Å². The minimum atomic E-state index is -3.67. The summed E-state index contributed by atoms with van der Waals surface area (Å²) in [5.74, 6) is -0.129. The van der Waals surface area contributed by atoms with Gasteiger partial charge in [-0.05, 0) is 74.1 Å². The first-order valence-corrected chi connectivity index (χ1v) is 14.3. The Labute approximate surface area is 210 Å². The van der Waals surface area contributed by atoms with Crippen molar-refractivity contribution in [3.63, 3.8) is 0 Å². The summed E-state index contributed by atoms with van der Waals surface area (Å²) in [5.41, 5.74) is 4.87. The second-order valence-electron chi connectivity index (χ2n) is 10.4. The first-order valence-electron chi connectivity index (χ1n) is 12.6. The zero-order valence-electron chi connectivity index (χ0n) is 20.1. The zero-order chi connectivity index (χ0) is 24.9. The number of fused-ring (bicyclic) bond motifs is 1. The van der Waals surface area contributed by atoms with Crippen molar-refractivity contribution in [2.75, 3.05) is 40.4 Å². The number of sulfonamides is 1. The van der Waals surface area contributed by atoms with Crippen LogP contribution in [0, 0.1) is 5.41 Å². The van der Waals surface area contributed by atoms with Crippen LogP contribution >= 0.6 is 0 Å². The van der Waals surface area contributed by atoms with E-state index in [1.165, 1.54) is 12.8 Å². The van der Waals surface area contributed by atoms with Crippen molar-refractivity contribution in [2.45, 2.75) is 44.4 Å². The summed E-state index contributed by atoms with van der Waals surface area (Å²) < 4.78 is 29.0. The number of amides is 1. The Hall–Kier alpha value is -3.11. The third kappa shape index (κ3) is 4.67. The molecule has 1 aromatic carbocycles. The fraction of sp³-hybridized carbons (Fsp3) is 0.462. The minimum absolute atomic E-state index is 0.234. The molecule has 1 spiro atoms. The summed E-state index contributed by atoms with van der Waals surface area (Å²) in [5, 5.41) is 12.1. The lowest BCUT2D eigenvalue weighted by Crippen LogP contribution is -2.35. The maximum atomic E-state index is 13.6. The maximum absolute atomic E-state index is 13.6. The molecule has 0 unspecified atom stereocenters. The van der Waals surface area contributed by atoms with E-state index in [0.717, 1.165) is 55.7 Å². The van der Waals surface area contributed by atoms with Gasteiger partial charge in [-0.1, -0.05) is 0 Å². The number of nitrogens with zero attached hydrogens (tertiary/aromatic N) is 3. The van der Waals surface area contributed by atoms with Crippen molar-refractivity contribution < 1.29 is 18.3 Å². The number of hydrogen-bond donors (Lipinski definition) is 3. The van der Waals surface area contributed by atoms with Crippen molar-refractivity contribution >= 4 is 38.6 Å². The van der Waals surface area contributed by atoms with Gasteiger partial charge in [-0.25, -0.2) is 13.4 Å². The first-order chi connectivity index (χ1) is 17.3. The number of hydrogen-bond acceptors (Lipinski definition) is 6. The third-order valence-electron chi connectivity index (χ3n) is 7.79. The van der Waals surface area contributed by atoms with Gasteiger partial charge in [-0.3, -0.25) is 9.52 Å². The van der Waals surface area contributed by atoms with Crippen molar-refractivity contribution in [3.8, 4) is 0 Å². The van der Waals surface area contributed by atoms with Crippen molar-refractivity contribution in [1.82, 2.24) is 9.38 Å². The monoisotopic (exact) mass is 509 g/mol. The topological polar surface area (TPSA) is 116 Å². The zero-order valence-corrected chi connectivity index (χ0v) is 20.9. The number of piperidine rings is 1. The van der Waals surface area contributed by atoms with Crippen molar-refractivity contribution in [2.24, 2.45) is 5.41 Å². The van der Waals surface area contributed by atoms with Crippen LogP contribution in [0.2, 0.25) is 0 Å². The molecule has 0 radical (unpaired) electrons. The predicted octanol–water partition coefficient (Wildman–Crippen LogP) is 3.58. The van der Waals surface area contributed by atoms with Crippen molar-refractivity contribution in [1.29, 1.82) is 0 Å². The summed E-state index contributed by atoms with van der Waals surface area (Å²) in [6, 6.07) is 7.05. The number of aliphatic hydroxyl groups excluding tert-OH is 1. The van der Waals surface area contributed by atoms with E-state index in [1.54, 1.807) is 24.4 Å². The maximum Gasteiger partial charge on any atom is 0.257 e. The molecule has 1 aliphatic heterocycles. The third-order valence-corrected chi connectivity index (χ3v) is 9.06. The number of pyridine rings is 1. The van der Waals surface area contributed by atoms with Gasteiger partial charge in [0.15, 0.2) is 0 Å². The van der Waals surface area contributed by atoms with Gasteiger partial charge in [0.1, 0.15) is 5.65 Å². The van der Waals surface area contributed by atoms with E-state index in [9.17, 15) is 13.2 Å². The molecule has 3 heterocycles. The number of nitrogens with one attached hydrogen (secondary N) is 2. The lowest BCUT2D eigenvalue weighted by Gasteiger charge is -2.35. The Kier molecular flexibility index (Phi) is 5.68. The lowest BCUT2D eigenvalue weighted by atomic mass is 9.93. The molecule has 9 nitrogen and oxygen atoms in total. The Balaban J connectivity index is 1.30. The summed E-state index contributed by atoms with van der Waals surface area (Å²) in [4.78, 5) is 20.2. The fourth-order valence-corrected chi connectivity index (χ4v) is 6.15. The fourth-order valence-electron chi connectivity index (χ4n) is 5.32. The molecule has 2 saturated carbocycles. The summed E-state index contributed by atoms with van der Waals surface area (Å²) in [6.45, 7) is 1.21. The Bertz CT molecular complexity index is 1420. The lowest BCUT2D eigenvalue weighted by molar-refractivity contribution is 0.102. The van der Waals surface area contributed by atoms with E-state index in [4.69, 9.17) is 5.11 Å². The highest BCUT2D eigenvalue weighted by Gasteiger charge is 2.44. The van der Waals surface area contributed by atoms with Gasteiger partial charge >= 0.3 is 0 Å². The van der Waals surface area contributed by atoms with E-state index in [1.807, 2.05) is 22.9 Å². The SMILES string of the molecule is O=C(Nc1cc(C2CC2)c2nccn2c1)c1ccc(NS(=O)(=O)CCO)cc1N1CCC2(CC1)CC2. The Morgan fingerprint density at radius 3 is 2.58 bits per heavy atom. The van der Waals surface area contributed by atoms with Gasteiger partial charge in [0, 0.05) is 37.2 Å². The molecule has 3 fully saturated rings. The molecular weight excluding hydrogens is 478 g/mol. The predicted molar refractivity (Wildman–Crippen MR) is 139 cm³/mol. The molecule has 3 N–H and O–H groups in total. The highest BCUT2D eigenvalue weighted by Crippen LogP contribution is 2.54. The molecule has 2 aromatic heterocycles. The minimum Gasteiger partial charge on any atom is -0.395 e. The average Bonchev–Trinajstić information content (AvgIpc) is 3.77. The van der Waals surface area contributed by atoms with Crippen LogP contribution in [0.1, 0.15) is 60.4 Å². The van der Waals surface area contributed by atoms with Crippen LogP contribution in [0.4, 0.5) is 17.1 Å². The summed E-state index contributed by atoms with van der Waals surface area (Å²) >= 11 is 0. The number of aromatic nitrogens is 2. The number of benzene rings is 1. The molecule has 36 heavy (non-hydrogen) atoms. The molecule has 10 heteroatoms. The number of carbonyl (C=O) groups excluding carboxylic acids is 1. The summed E-state index contributed by atoms with van der Waals surface area (Å²) in [7, 11) is -3.67. The molecule has 0 bridgehead atoms. The highest BCUT2D eigenvalue weighted by atomic mass is 32.2. The van der Waals surface area contributed by atoms with Crippen LogP contribution in [-0.4, -0.2) is 54.3 Å². The van der Waals surface area contributed by atoms with Crippen LogP contribution in [0.3, 0.4) is 0 Å². The molecule has 3 aliphatic rings. The quantitative estimate of drug-likeness (QED) is 0.428. The number of imidazole rings is 1. The molecule has 2 aliphatic carbocycles. The van der Waals surface area contributed by atoms with E-state index < -0.39 is 16.6 Å². The Morgan fingerprint density at radius 1 is 1.11 bits per heavy atom. The average molecular weight is 510 g/mol. The molecule has 6 rings (SSSR count). The van der Waals surface area contributed by atoms with Crippen LogP contribution in [0.25, 0.3) is 5.65 Å². The van der Waals surface area contributed by atoms with Crippen LogP contribution in [0.5, 0.6) is 0 Å². The molecule has 1 amide bonds. The van der Waals surface area contributed by atoms with Crippen LogP contribution in [0.15, 0.2) is 42.9 Å². The largest absolute Gasteiger partial charge is 0.395 e. The van der Waals surface area contributed by atoms with E-state index in [-0.39, 0.29) is 11.7 Å². The van der Waals surface area contributed by atoms with E-state index in [0.29, 0.717) is 28.3 Å². The Morgan fingerprint density at radius 2 is 1.89 bits per heavy atom.